The Kier molecular flexibility index (Phi) is 5.29. The van der Waals surface area contributed by atoms with Crippen LogP contribution in [0.25, 0.3) is 0 Å². The summed E-state index contributed by atoms with van der Waals surface area (Å²) < 4.78 is 28.2. The minimum absolute atomic E-state index is 0.138. The van der Waals surface area contributed by atoms with E-state index in [0.29, 0.717) is 16.9 Å². The maximum Gasteiger partial charge on any atom is 0.262 e. The number of sulfonamides is 1. The van der Waals surface area contributed by atoms with Crippen molar-refractivity contribution in [2.45, 2.75) is 37.6 Å². The Morgan fingerprint density at radius 2 is 1.92 bits per heavy atom. The molecule has 3 rings (SSSR count). The molecule has 0 saturated carbocycles. The van der Waals surface area contributed by atoms with Crippen molar-refractivity contribution in [3.8, 4) is 0 Å². The SMILES string of the molecule is Cc1cccc(NS(=O)(=O)c2cc(NC(=O)C3CCCN3)ccc2C)c1. The highest BCUT2D eigenvalue weighted by Gasteiger charge is 2.23. The Balaban J connectivity index is 1.83. The normalized spacial score (nSPS) is 17.1. The van der Waals surface area contributed by atoms with Crippen LogP contribution in [0.3, 0.4) is 0 Å². The highest BCUT2D eigenvalue weighted by atomic mass is 32.2. The smallest absolute Gasteiger partial charge is 0.262 e. The molecule has 0 radical (unpaired) electrons. The quantitative estimate of drug-likeness (QED) is 0.752. The van der Waals surface area contributed by atoms with Crippen LogP contribution in [0.15, 0.2) is 47.4 Å². The van der Waals surface area contributed by atoms with Crippen LogP contribution in [0.4, 0.5) is 11.4 Å². The number of nitrogens with one attached hydrogen (secondary N) is 3. The van der Waals surface area contributed by atoms with Crippen LogP contribution in [0.1, 0.15) is 24.0 Å². The Labute approximate surface area is 154 Å². The van der Waals surface area contributed by atoms with E-state index in [2.05, 4.69) is 15.4 Å². The minimum atomic E-state index is -3.76. The lowest BCUT2D eigenvalue weighted by Crippen LogP contribution is -2.35. The van der Waals surface area contributed by atoms with Gasteiger partial charge in [-0.1, -0.05) is 18.2 Å². The molecule has 1 unspecified atom stereocenters. The van der Waals surface area contributed by atoms with Gasteiger partial charge in [0.05, 0.1) is 10.9 Å². The van der Waals surface area contributed by atoms with Crippen molar-refractivity contribution in [1.29, 1.82) is 0 Å². The van der Waals surface area contributed by atoms with Crippen molar-refractivity contribution >= 4 is 27.3 Å². The molecule has 1 heterocycles. The maximum atomic E-state index is 12.8. The molecule has 1 aliphatic rings. The predicted octanol–water partition coefficient (Wildman–Crippen LogP) is 2.79. The first-order chi connectivity index (χ1) is 12.3. The number of aryl methyl sites for hydroxylation is 2. The standard InChI is InChI=1S/C19H23N3O3S/c1-13-5-3-6-16(11-13)22-26(24,25)18-12-15(9-8-14(18)2)21-19(23)17-7-4-10-20-17/h3,5-6,8-9,11-12,17,20,22H,4,7,10H2,1-2H3,(H,21,23). The Morgan fingerprint density at radius 3 is 2.62 bits per heavy atom. The summed E-state index contributed by atoms with van der Waals surface area (Å²) in [7, 11) is -3.76. The van der Waals surface area contributed by atoms with Crippen molar-refractivity contribution < 1.29 is 13.2 Å². The number of hydrogen-bond donors (Lipinski definition) is 3. The summed E-state index contributed by atoms with van der Waals surface area (Å²) in [6.45, 7) is 4.46. The molecule has 6 nitrogen and oxygen atoms in total. The van der Waals surface area contributed by atoms with Gasteiger partial charge in [0.2, 0.25) is 5.91 Å². The van der Waals surface area contributed by atoms with Crippen LogP contribution in [-0.4, -0.2) is 26.9 Å². The molecule has 7 heteroatoms. The molecule has 2 aromatic carbocycles. The summed E-state index contributed by atoms with van der Waals surface area (Å²) >= 11 is 0. The zero-order valence-electron chi connectivity index (χ0n) is 14.9. The van der Waals surface area contributed by atoms with Crippen LogP contribution in [0.5, 0.6) is 0 Å². The fourth-order valence-corrected chi connectivity index (χ4v) is 4.35. The van der Waals surface area contributed by atoms with Gasteiger partial charge in [-0.15, -0.1) is 0 Å². The number of rotatable bonds is 5. The lowest BCUT2D eigenvalue weighted by Gasteiger charge is -2.14. The van der Waals surface area contributed by atoms with Gasteiger partial charge in [0.1, 0.15) is 0 Å². The first-order valence-electron chi connectivity index (χ1n) is 8.59. The second kappa shape index (κ2) is 7.47. The molecule has 3 N–H and O–H groups in total. The second-order valence-electron chi connectivity index (χ2n) is 6.59. The lowest BCUT2D eigenvalue weighted by atomic mass is 10.2. The first-order valence-corrected chi connectivity index (χ1v) is 10.1. The van der Waals surface area contributed by atoms with E-state index in [1.807, 2.05) is 13.0 Å². The molecule has 1 aliphatic heterocycles. The van der Waals surface area contributed by atoms with Gasteiger partial charge in [0, 0.05) is 11.4 Å². The van der Waals surface area contributed by atoms with Gasteiger partial charge in [-0.3, -0.25) is 9.52 Å². The van der Waals surface area contributed by atoms with Crippen LogP contribution < -0.4 is 15.4 Å². The van der Waals surface area contributed by atoms with Gasteiger partial charge in [0.25, 0.3) is 10.0 Å². The Hall–Kier alpha value is -2.38. The van der Waals surface area contributed by atoms with Gasteiger partial charge in [-0.2, -0.15) is 0 Å². The molecule has 0 aliphatic carbocycles. The van der Waals surface area contributed by atoms with E-state index in [0.717, 1.165) is 24.9 Å². The van der Waals surface area contributed by atoms with Crippen molar-refractivity contribution in [2.24, 2.45) is 0 Å². The highest BCUT2D eigenvalue weighted by Crippen LogP contribution is 2.24. The molecule has 0 bridgehead atoms. The molecule has 1 amide bonds. The van der Waals surface area contributed by atoms with Gasteiger partial charge < -0.3 is 10.6 Å². The largest absolute Gasteiger partial charge is 0.325 e. The third-order valence-electron chi connectivity index (χ3n) is 4.39. The average Bonchev–Trinajstić information content (AvgIpc) is 3.10. The van der Waals surface area contributed by atoms with E-state index in [4.69, 9.17) is 0 Å². The van der Waals surface area contributed by atoms with E-state index < -0.39 is 10.0 Å². The molecule has 1 saturated heterocycles. The summed E-state index contributed by atoms with van der Waals surface area (Å²) in [5, 5.41) is 5.93. The highest BCUT2D eigenvalue weighted by molar-refractivity contribution is 7.92. The van der Waals surface area contributed by atoms with E-state index >= 15 is 0 Å². The first kappa shape index (κ1) is 18.4. The second-order valence-corrected chi connectivity index (χ2v) is 8.24. The molecular formula is C19H23N3O3S. The van der Waals surface area contributed by atoms with Crippen LogP contribution in [-0.2, 0) is 14.8 Å². The van der Waals surface area contributed by atoms with E-state index in [1.54, 1.807) is 37.3 Å². The van der Waals surface area contributed by atoms with Gasteiger partial charge in [-0.05, 0) is 68.6 Å². The van der Waals surface area contributed by atoms with Crippen LogP contribution in [0, 0.1) is 13.8 Å². The Bertz CT molecular complexity index is 919. The zero-order chi connectivity index (χ0) is 18.7. The molecule has 1 atom stereocenters. The molecule has 0 aromatic heterocycles. The minimum Gasteiger partial charge on any atom is -0.325 e. The molecule has 138 valence electrons. The van der Waals surface area contributed by atoms with Crippen molar-refractivity contribution in [2.75, 3.05) is 16.6 Å². The van der Waals surface area contributed by atoms with Crippen LogP contribution >= 0.6 is 0 Å². The van der Waals surface area contributed by atoms with Crippen molar-refractivity contribution in [1.82, 2.24) is 5.32 Å². The zero-order valence-corrected chi connectivity index (χ0v) is 15.7. The fourth-order valence-electron chi connectivity index (χ4n) is 3.02. The summed E-state index contributed by atoms with van der Waals surface area (Å²) in [4.78, 5) is 12.4. The number of carbonyl (C=O) groups is 1. The number of hydrogen-bond acceptors (Lipinski definition) is 4. The molecule has 1 fully saturated rings. The van der Waals surface area contributed by atoms with E-state index in [-0.39, 0.29) is 16.8 Å². The summed E-state index contributed by atoms with van der Waals surface area (Å²) in [5.74, 6) is -0.138. The number of anilines is 2. The average molecular weight is 373 g/mol. The summed E-state index contributed by atoms with van der Waals surface area (Å²) in [6, 6.07) is 11.9. The number of amides is 1. The molecular weight excluding hydrogens is 350 g/mol. The van der Waals surface area contributed by atoms with Gasteiger partial charge in [0.15, 0.2) is 0 Å². The fraction of sp³-hybridized carbons (Fsp3) is 0.316. The third kappa shape index (κ3) is 4.23. The van der Waals surface area contributed by atoms with Crippen LogP contribution in [0.2, 0.25) is 0 Å². The monoisotopic (exact) mass is 373 g/mol. The third-order valence-corrected chi connectivity index (χ3v) is 5.92. The van der Waals surface area contributed by atoms with E-state index in [1.165, 1.54) is 6.07 Å². The number of carbonyl (C=O) groups excluding carboxylic acids is 1. The van der Waals surface area contributed by atoms with Gasteiger partial charge in [-0.25, -0.2) is 8.42 Å². The predicted molar refractivity (Wildman–Crippen MR) is 103 cm³/mol. The molecule has 2 aromatic rings. The van der Waals surface area contributed by atoms with Crippen molar-refractivity contribution in [3.63, 3.8) is 0 Å². The maximum absolute atomic E-state index is 12.8. The Morgan fingerprint density at radius 1 is 1.12 bits per heavy atom. The molecule has 26 heavy (non-hydrogen) atoms. The van der Waals surface area contributed by atoms with E-state index in [9.17, 15) is 13.2 Å². The lowest BCUT2D eigenvalue weighted by molar-refractivity contribution is -0.117. The number of benzene rings is 2. The topological polar surface area (TPSA) is 87.3 Å². The van der Waals surface area contributed by atoms with Gasteiger partial charge >= 0.3 is 0 Å². The molecule has 0 spiro atoms. The van der Waals surface area contributed by atoms with Crippen molar-refractivity contribution in [3.05, 3.63) is 53.6 Å². The summed E-state index contributed by atoms with van der Waals surface area (Å²) in [5.41, 5.74) is 2.56. The summed E-state index contributed by atoms with van der Waals surface area (Å²) in [6.07, 6.45) is 1.75.